The first-order chi connectivity index (χ1) is 19.3. The van der Waals surface area contributed by atoms with Gasteiger partial charge in [0.15, 0.2) is 5.78 Å². The Bertz CT molecular complexity index is 1360. The number of ether oxygens (including phenoxy) is 2. The molecule has 1 fully saturated rings. The first-order valence-electron chi connectivity index (χ1n) is 13.3. The summed E-state index contributed by atoms with van der Waals surface area (Å²) in [6.07, 6.45) is 0.0360. The number of aromatic nitrogens is 1. The topological polar surface area (TPSA) is 92.3 Å². The van der Waals surface area contributed by atoms with E-state index < -0.39 is 5.82 Å². The Kier molecular flexibility index (Phi) is 9.65. The van der Waals surface area contributed by atoms with Crippen LogP contribution in [0.15, 0.2) is 48.5 Å². The van der Waals surface area contributed by atoms with Crippen molar-refractivity contribution in [2.45, 2.75) is 26.3 Å². The van der Waals surface area contributed by atoms with Crippen LogP contribution in [0, 0.1) is 5.82 Å². The Morgan fingerprint density at radius 1 is 0.975 bits per heavy atom. The van der Waals surface area contributed by atoms with Gasteiger partial charge in [0.1, 0.15) is 17.4 Å². The van der Waals surface area contributed by atoms with Gasteiger partial charge < -0.3 is 24.2 Å². The van der Waals surface area contributed by atoms with Gasteiger partial charge in [-0.1, -0.05) is 0 Å². The molecule has 0 atom stereocenters. The van der Waals surface area contributed by atoms with Gasteiger partial charge in [0.05, 0.1) is 19.2 Å². The van der Waals surface area contributed by atoms with Crippen molar-refractivity contribution in [3.63, 3.8) is 0 Å². The molecule has 1 aliphatic heterocycles. The molecule has 40 heavy (non-hydrogen) atoms. The van der Waals surface area contributed by atoms with E-state index in [4.69, 9.17) is 14.5 Å². The molecule has 0 bridgehead atoms. The molecular formula is C30H35FN4O5. The second kappa shape index (κ2) is 13.3. The van der Waals surface area contributed by atoms with Crippen LogP contribution in [0.4, 0.5) is 10.2 Å². The highest BCUT2D eigenvalue weighted by molar-refractivity contribution is 5.98. The van der Waals surface area contributed by atoms with E-state index in [0.29, 0.717) is 50.6 Å². The number of amides is 2. The first kappa shape index (κ1) is 28.9. The number of methoxy groups -OCH3 is 2. The maximum Gasteiger partial charge on any atom is 0.223 e. The molecule has 2 heterocycles. The number of benzene rings is 2. The van der Waals surface area contributed by atoms with E-state index in [-0.39, 0.29) is 37.0 Å². The minimum atomic E-state index is -0.417. The predicted molar refractivity (Wildman–Crippen MR) is 150 cm³/mol. The van der Waals surface area contributed by atoms with Crippen molar-refractivity contribution in [2.75, 3.05) is 58.5 Å². The van der Waals surface area contributed by atoms with Gasteiger partial charge in [-0.2, -0.15) is 0 Å². The van der Waals surface area contributed by atoms with E-state index in [1.54, 1.807) is 26.0 Å². The lowest BCUT2D eigenvalue weighted by atomic mass is 10.1. The largest absolute Gasteiger partial charge is 0.497 e. The van der Waals surface area contributed by atoms with E-state index in [0.717, 1.165) is 22.3 Å². The fourth-order valence-electron chi connectivity index (χ4n) is 4.79. The third kappa shape index (κ3) is 7.12. The lowest BCUT2D eigenvalue weighted by Crippen LogP contribution is -2.48. The molecule has 4 rings (SSSR count). The Morgan fingerprint density at radius 3 is 2.35 bits per heavy atom. The summed E-state index contributed by atoms with van der Waals surface area (Å²) in [6, 6.07) is 13.0. The van der Waals surface area contributed by atoms with Gasteiger partial charge in [-0.25, -0.2) is 9.37 Å². The van der Waals surface area contributed by atoms with E-state index in [2.05, 4.69) is 4.90 Å². The fourth-order valence-corrected chi connectivity index (χ4v) is 4.79. The standard InChI is InChI=1S/C30H35FN4O5/c1-21(36)33-12-14-34(15-13-33)30-24(18-23-6-9-26(40-3)19-27(23)32-30)20-35(16-17-39-2)29(38)11-10-28(37)22-4-7-25(31)8-5-22/h4-9,18-19H,10-17,20H2,1-3H3. The van der Waals surface area contributed by atoms with Gasteiger partial charge in [-0.15, -0.1) is 0 Å². The van der Waals surface area contributed by atoms with Crippen LogP contribution >= 0.6 is 0 Å². The van der Waals surface area contributed by atoms with Crippen molar-refractivity contribution >= 4 is 34.3 Å². The van der Waals surface area contributed by atoms with Crippen LogP contribution in [-0.2, 0) is 20.9 Å². The van der Waals surface area contributed by atoms with Crippen LogP contribution in [0.2, 0.25) is 0 Å². The molecule has 10 heteroatoms. The number of halogens is 1. The fraction of sp³-hybridized carbons (Fsp3) is 0.400. The van der Waals surface area contributed by atoms with E-state index in [1.165, 1.54) is 24.3 Å². The summed E-state index contributed by atoms with van der Waals surface area (Å²) < 4.78 is 23.9. The Labute approximate surface area is 233 Å². The summed E-state index contributed by atoms with van der Waals surface area (Å²) in [5.41, 5.74) is 2.01. The minimum absolute atomic E-state index is 0.0174. The van der Waals surface area contributed by atoms with Crippen molar-refractivity contribution in [1.82, 2.24) is 14.8 Å². The monoisotopic (exact) mass is 550 g/mol. The second-order valence-corrected chi connectivity index (χ2v) is 9.76. The summed E-state index contributed by atoms with van der Waals surface area (Å²) in [5, 5.41) is 0.910. The molecule has 0 aliphatic carbocycles. The van der Waals surface area contributed by atoms with Crippen molar-refractivity contribution in [3.05, 3.63) is 65.5 Å². The average Bonchev–Trinajstić information content (AvgIpc) is 2.97. The number of Topliss-reactive ketones (excluding diaryl/α,β-unsaturated/α-hetero) is 1. The molecule has 1 aromatic heterocycles. The number of carbonyl (C=O) groups is 3. The van der Waals surface area contributed by atoms with Crippen LogP contribution in [0.3, 0.4) is 0 Å². The molecule has 0 N–H and O–H groups in total. The van der Waals surface area contributed by atoms with Crippen molar-refractivity contribution < 1.29 is 28.2 Å². The summed E-state index contributed by atoms with van der Waals surface area (Å²) in [7, 11) is 3.18. The molecule has 1 saturated heterocycles. The number of nitrogens with zero attached hydrogens (tertiary/aromatic N) is 4. The SMILES string of the molecule is COCCN(Cc1cc2ccc(OC)cc2nc1N1CCN(C(C)=O)CC1)C(=O)CCC(=O)c1ccc(F)cc1. The molecule has 212 valence electrons. The van der Waals surface area contributed by atoms with Gasteiger partial charge in [-0.3, -0.25) is 14.4 Å². The van der Waals surface area contributed by atoms with Gasteiger partial charge in [-0.05, 0) is 42.5 Å². The Hall–Kier alpha value is -4.05. The Morgan fingerprint density at radius 2 is 1.70 bits per heavy atom. The lowest BCUT2D eigenvalue weighted by molar-refractivity contribution is -0.132. The lowest BCUT2D eigenvalue weighted by Gasteiger charge is -2.36. The van der Waals surface area contributed by atoms with E-state index in [1.807, 2.05) is 29.2 Å². The molecular weight excluding hydrogens is 515 g/mol. The zero-order valence-corrected chi connectivity index (χ0v) is 23.2. The minimum Gasteiger partial charge on any atom is -0.497 e. The molecule has 0 unspecified atom stereocenters. The molecule has 0 saturated carbocycles. The van der Waals surface area contributed by atoms with Gasteiger partial charge in [0, 0.05) is 88.7 Å². The highest BCUT2D eigenvalue weighted by Gasteiger charge is 2.24. The highest BCUT2D eigenvalue weighted by Crippen LogP contribution is 2.28. The second-order valence-electron chi connectivity index (χ2n) is 9.76. The van der Waals surface area contributed by atoms with Gasteiger partial charge in [0.25, 0.3) is 0 Å². The number of anilines is 1. The average molecular weight is 551 g/mol. The maximum atomic E-state index is 13.4. The summed E-state index contributed by atoms with van der Waals surface area (Å²) in [4.78, 5) is 48.5. The number of rotatable bonds is 11. The van der Waals surface area contributed by atoms with Crippen molar-refractivity contribution in [1.29, 1.82) is 0 Å². The quantitative estimate of drug-likeness (QED) is 0.336. The molecule has 9 nitrogen and oxygen atoms in total. The number of ketones is 1. The third-order valence-electron chi connectivity index (χ3n) is 7.12. The number of piperazine rings is 1. The smallest absolute Gasteiger partial charge is 0.223 e. The third-order valence-corrected chi connectivity index (χ3v) is 7.12. The number of hydrogen-bond acceptors (Lipinski definition) is 7. The van der Waals surface area contributed by atoms with Crippen LogP contribution in [0.25, 0.3) is 10.9 Å². The highest BCUT2D eigenvalue weighted by atomic mass is 19.1. The van der Waals surface area contributed by atoms with Crippen LogP contribution in [-0.4, -0.2) is 85.9 Å². The van der Waals surface area contributed by atoms with Crippen LogP contribution in [0.5, 0.6) is 5.75 Å². The normalized spacial score (nSPS) is 13.4. The van der Waals surface area contributed by atoms with Crippen molar-refractivity contribution in [2.24, 2.45) is 0 Å². The summed E-state index contributed by atoms with van der Waals surface area (Å²) in [5.74, 6) is 0.673. The molecule has 2 aromatic carbocycles. The zero-order valence-electron chi connectivity index (χ0n) is 23.2. The zero-order chi connectivity index (χ0) is 28.6. The summed E-state index contributed by atoms with van der Waals surface area (Å²) >= 11 is 0. The van der Waals surface area contributed by atoms with E-state index in [9.17, 15) is 18.8 Å². The van der Waals surface area contributed by atoms with Crippen LogP contribution < -0.4 is 9.64 Å². The van der Waals surface area contributed by atoms with Crippen molar-refractivity contribution in [3.8, 4) is 5.75 Å². The number of fused-ring (bicyclic) bond motifs is 1. The number of pyridine rings is 1. The predicted octanol–water partition coefficient (Wildman–Crippen LogP) is 3.69. The maximum absolute atomic E-state index is 13.4. The van der Waals surface area contributed by atoms with Gasteiger partial charge in [0.2, 0.25) is 11.8 Å². The molecule has 0 radical (unpaired) electrons. The number of hydrogen-bond donors (Lipinski definition) is 0. The molecule has 1 aliphatic rings. The first-order valence-corrected chi connectivity index (χ1v) is 13.3. The Balaban J connectivity index is 1.58. The molecule has 0 spiro atoms. The number of carbonyl (C=O) groups excluding carboxylic acids is 3. The van der Waals surface area contributed by atoms with E-state index >= 15 is 0 Å². The molecule has 3 aromatic rings. The van der Waals surface area contributed by atoms with Gasteiger partial charge >= 0.3 is 0 Å². The summed E-state index contributed by atoms with van der Waals surface area (Å²) in [6.45, 7) is 4.95. The molecule has 2 amide bonds. The van der Waals surface area contributed by atoms with Crippen LogP contribution in [0.1, 0.15) is 35.7 Å².